The third kappa shape index (κ3) is 6.34. The molecule has 0 saturated carbocycles. The second kappa shape index (κ2) is 14.9. The Bertz CT molecular complexity index is 2730. The molecule has 0 saturated heterocycles. The van der Waals surface area contributed by atoms with Crippen molar-refractivity contribution in [3.05, 3.63) is 239 Å². The van der Waals surface area contributed by atoms with Gasteiger partial charge in [-0.15, -0.1) is 0 Å². The summed E-state index contributed by atoms with van der Waals surface area (Å²) in [6.07, 6.45) is 8.99. The van der Waals surface area contributed by atoms with Gasteiger partial charge in [-0.2, -0.15) is 0 Å². The summed E-state index contributed by atoms with van der Waals surface area (Å²) < 4.78 is 0. The van der Waals surface area contributed by atoms with Gasteiger partial charge < -0.3 is 9.80 Å². The van der Waals surface area contributed by atoms with Crippen molar-refractivity contribution in [3.8, 4) is 11.1 Å². The third-order valence-corrected chi connectivity index (χ3v) is 13.0. The first kappa shape index (κ1) is 37.6. The van der Waals surface area contributed by atoms with Gasteiger partial charge in [0.2, 0.25) is 0 Å². The number of rotatable bonds is 7. The molecule has 7 aromatic carbocycles. The highest BCUT2D eigenvalue weighted by atomic mass is 15.1. The predicted molar refractivity (Wildman–Crippen MR) is 254 cm³/mol. The van der Waals surface area contributed by atoms with E-state index in [1.807, 2.05) is 0 Å². The minimum Gasteiger partial charge on any atom is -0.311 e. The Kier molecular flexibility index (Phi) is 9.33. The van der Waals surface area contributed by atoms with Crippen LogP contribution in [0.1, 0.15) is 80.3 Å². The van der Waals surface area contributed by atoms with Crippen molar-refractivity contribution in [3.63, 3.8) is 0 Å². The normalized spacial score (nSPS) is 16.5. The van der Waals surface area contributed by atoms with Gasteiger partial charge >= 0.3 is 0 Å². The van der Waals surface area contributed by atoms with Crippen LogP contribution in [-0.4, -0.2) is 0 Å². The SMILES string of the molecule is CC(C)c1ccc2c(c1)C1(Cc3cc(C(C)(C)C)ccc3-2)C2=C(C=CC(N(c3ccccc3)c3ccccc3)=CC2)c2ccc(N(c3ccccc3)c3ccccc3)cc21. The topological polar surface area (TPSA) is 6.48 Å². The summed E-state index contributed by atoms with van der Waals surface area (Å²) in [6, 6.07) is 65.2. The number of para-hydroxylation sites is 4. The van der Waals surface area contributed by atoms with Crippen molar-refractivity contribution in [2.75, 3.05) is 9.80 Å². The zero-order chi connectivity index (χ0) is 41.0. The van der Waals surface area contributed by atoms with Gasteiger partial charge in [0.25, 0.3) is 0 Å². The maximum atomic E-state index is 2.57. The summed E-state index contributed by atoms with van der Waals surface area (Å²) in [4.78, 5) is 4.83. The Morgan fingerprint density at radius 2 is 1.03 bits per heavy atom. The largest absolute Gasteiger partial charge is 0.311 e. The average Bonchev–Trinajstić information content (AvgIpc) is 3.36. The predicted octanol–water partition coefficient (Wildman–Crippen LogP) is 15.5. The van der Waals surface area contributed by atoms with Gasteiger partial charge in [0, 0.05) is 39.5 Å². The van der Waals surface area contributed by atoms with E-state index in [1.165, 1.54) is 67.0 Å². The number of hydrogen-bond acceptors (Lipinski definition) is 2. The van der Waals surface area contributed by atoms with E-state index in [0.29, 0.717) is 5.92 Å². The van der Waals surface area contributed by atoms with Gasteiger partial charge in [-0.25, -0.2) is 0 Å². The van der Waals surface area contributed by atoms with Crippen molar-refractivity contribution in [2.45, 2.75) is 64.2 Å². The summed E-state index contributed by atoms with van der Waals surface area (Å²) in [7, 11) is 0. The van der Waals surface area contributed by atoms with Crippen molar-refractivity contribution >= 4 is 34.0 Å². The number of hydrogen-bond donors (Lipinski definition) is 0. The highest BCUT2D eigenvalue weighted by Crippen LogP contribution is 2.60. The fourth-order valence-electron chi connectivity index (χ4n) is 9.97. The van der Waals surface area contributed by atoms with Crippen LogP contribution >= 0.6 is 0 Å². The van der Waals surface area contributed by atoms with Crippen LogP contribution < -0.4 is 9.80 Å². The lowest BCUT2D eigenvalue weighted by molar-refractivity contribution is 0.576. The lowest BCUT2D eigenvalue weighted by Gasteiger charge is -2.42. The first-order valence-corrected chi connectivity index (χ1v) is 21.6. The van der Waals surface area contributed by atoms with Crippen LogP contribution in [0.5, 0.6) is 0 Å². The summed E-state index contributed by atoms with van der Waals surface area (Å²) in [5.41, 5.74) is 20.4. The van der Waals surface area contributed by atoms with Crippen molar-refractivity contribution in [2.24, 2.45) is 0 Å². The van der Waals surface area contributed by atoms with Crippen LogP contribution in [0.15, 0.2) is 205 Å². The van der Waals surface area contributed by atoms with Crippen molar-refractivity contribution in [1.29, 1.82) is 0 Å². The smallest absolute Gasteiger partial charge is 0.0476 e. The molecule has 0 N–H and O–H groups in total. The Balaban J connectivity index is 1.23. The number of fused-ring (bicyclic) bond motifs is 8. The zero-order valence-electron chi connectivity index (χ0n) is 35.4. The molecule has 2 heteroatoms. The average molecular weight is 777 g/mol. The van der Waals surface area contributed by atoms with E-state index in [0.717, 1.165) is 35.6 Å². The van der Waals surface area contributed by atoms with Crippen LogP contribution in [0.3, 0.4) is 0 Å². The Hall–Kier alpha value is -6.64. The highest BCUT2D eigenvalue weighted by Gasteiger charge is 2.50. The molecule has 60 heavy (non-hydrogen) atoms. The van der Waals surface area contributed by atoms with Gasteiger partial charge in [-0.3, -0.25) is 0 Å². The molecule has 1 atom stereocenters. The molecule has 10 rings (SSSR count). The lowest BCUT2D eigenvalue weighted by Crippen LogP contribution is -2.35. The van der Waals surface area contributed by atoms with Gasteiger partial charge in [0.15, 0.2) is 0 Å². The fraction of sp³-hybridized carbons (Fsp3) is 0.172. The molecule has 0 aliphatic heterocycles. The van der Waals surface area contributed by atoms with Gasteiger partial charge in [0.1, 0.15) is 0 Å². The minimum atomic E-state index is -0.399. The maximum Gasteiger partial charge on any atom is 0.0476 e. The molecule has 0 aromatic heterocycles. The molecule has 3 aliphatic rings. The van der Waals surface area contributed by atoms with E-state index in [1.54, 1.807) is 0 Å². The summed E-state index contributed by atoms with van der Waals surface area (Å²) in [5.74, 6) is 0.398. The second-order valence-corrected chi connectivity index (χ2v) is 18.0. The molecular formula is C58H52N2. The molecule has 0 radical (unpaired) electrons. The number of benzene rings is 7. The quantitative estimate of drug-likeness (QED) is 0.159. The van der Waals surface area contributed by atoms with E-state index in [9.17, 15) is 0 Å². The number of anilines is 5. The standard InChI is InChI=1S/C58H52N2/c1-40(2)41-26-31-51-50-32-27-43(57(3,4)5)36-42(50)39-58(55(51)37-41)54-35-30-48(59(44-18-10-6-11-19-44)45-20-12-7-13-21-45)28-33-52(54)53-34-29-49(38-56(53)58)60(46-22-14-8-15-23-46)47-24-16-9-17-25-47/h6-34,36-38,40H,35,39H2,1-5H3. The van der Waals surface area contributed by atoms with E-state index in [2.05, 4.69) is 239 Å². The van der Waals surface area contributed by atoms with Gasteiger partial charge in [-0.05, 0) is 147 Å². The van der Waals surface area contributed by atoms with E-state index >= 15 is 0 Å². The molecule has 2 nitrogen and oxygen atoms in total. The van der Waals surface area contributed by atoms with Gasteiger partial charge in [-0.1, -0.05) is 162 Å². The first-order valence-electron chi connectivity index (χ1n) is 21.6. The van der Waals surface area contributed by atoms with Crippen LogP contribution in [-0.2, 0) is 17.3 Å². The number of nitrogens with zero attached hydrogens (tertiary/aromatic N) is 2. The van der Waals surface area contributed by atoms with Crippen LogP contribution in [0.4, 0.5) is 28.4 Å². The molecule has 1 unspecified atom stereocenters. The van der Waals surface area contributed by atoms with E-state index in [4.69, 9.17) is 0 Å². The lowest BCUT2D eigenvalue weighted by atomic mass is 9.61. The first-order chi connectivity index (χ1) is 29.2. The minimum absolute atomic E-state index is 0.0298. The van der Waals surface area contributed by atoms with Crippen molar-refractivity contribution in [1.82, 2.24) is 0 Å². The molecular weight excluding hydrogens is 725 g/mol. The fourth-order valence-corrected chi connectivity index (χ4v) is 9.97. The monoisotopic (exact) mass is 776 g/mol. The van der Waals surface area contributed by atoms with E-state index in [-0.39, 0.29) is 5.41 Å². The second-order valence-electron chi connectivity index (χ2n) is 18.0. The van der Waals surface area contributed by atoms with Crippen molar-refractivity contribution < 1.29 is 0 Å². The number of allylic oxidation sites excluding steroid dienone is 5. The molecule has 294 valence electrons. The highest BCUT2D eigenvalue weighted by molar-refractivity contribution is 5.94. The molecule has 0 heterocycles. The van der Waals surface area contributed by atoms with Crippen LogP contribution in [0.2, 0.25) is 0 Å². The molecule has 0 fully saturated rings. The third-order valence-electron chi connectivity index (χ3n) is 13.0. The summed E-state index contributed by atoms with van der Waals surface area (Å²) >= 11 is 0. The maximum absolute atomic E-state index is 2.57. The van der Waals surface area contributed by atoms with E-state index < -0.39 is 5.41 Å². The Morgan fingerprint density at radius 3 is 1.60 bits per heavy atom. The summed E-state index contributed by atoms with van der Waals surface area (Å²) in [5, 5.41) is 0. The summed E-state index contributed by atoms with van der Waals surface area (Å²) in [6.45, 7) is 11.7. The Labute approximate surface area is 356 Å². The van der Waals surface area contributed by atoms with Crippen LogP contribution in [0.25, 0.3) is 16.7 Å². The molecule has 7 aromatic rings. The molecule has 0 amide bonds. The molecule has 0 bridgehead atoms. The zero-order valence-corrected chi connectivity index (χ0v) is 35.4. The van der Waals surface area contributed by atoms with Gasteiger partial charge in [0.05, 0.1) is 0 Å². The molecule has 1 spiro atoms. The molecule has 3 aliphatic carbocycles. The Morgan fingerprint density at radius 1 is 0.500 bits per heavy atom. The van der Waals surface area contributed by atoms with Crippen LogP contribution in [0, 0.1) is 0 Å².